The third-order valence-corrected chi connectivity index (χ3v) is 4.51. The van der Waals surface area contributed by atoms with Crippen LogP contribution in [0.2, 0.25) is 0 Å². The van der Waals surface area contributed by atoms with Crippen LogP contribution >= 0.6 is 0 Å². The van der Waals surface area contributed by atoms with Crippen LogP contribution < -0.4 is 10.1 Å². The van der Waals surface area contributed by atoms with Gasteiger partial charge in [-0.2, -0.15) is 0 Å². The van der Waals surface area contributed by atoms with Crippen LogP contribution in [0, 0.1) is 5.92 Å². The smallest absolute Gasteiger partial charge is 0.317 e. The number of carbonyl (C=O) groups excluding carboxylic acids is 1. The summed E-state index contributed by atoms with van der Waals surface area (Å²) in [4.78, 5) is 14.2. The van der Waals surface area contributed by atoms with Crippen LogP contribution in [0.4, 0.5) is 4.79 Å². The summed E-state index contributed by atoms with van der Waals surface area (Å²) in [6.45, 7) is 2.74. The van der Waals surface area contributed by atoms with E-state index in [-0.39, 0.29) is 6.03 Å². The molecule has 2 atom stereocenters. The Kier molecular flexibility index (Phi) is 5.48. The Balaban J connectivity index is 1.91. The summed E-state index contributed by atoms with van der Waals surface area (Å²) in [5.41, 5.74) is 0.999. The second kappa shape index (κ2) is 7.34. The molecule has 1 fully saturated rings. The van der Waals surface area contributed by atoms with Gasteiger partial charge in [0.2, 0.25) is 0 Å². The van der Waals surface area contributed by atoms with Gasteiger partial charge in [0.05, 0.1) is 7.11 Å². The molecule has 0 bridgehead atoms. The zero-order chi connectivity index (χ0) is 15.2. The summed E-state index contributed by atoms with van der Waals surface area (Å²) in [5.74, 6) is 1.40. The Morgan fingerprint density at radius 2 is 2.05 bits per heavy atom. The molecule has 0 heterocycles. The average molecular weight is 290 g/mol. The fourth-order valence-electron chi connectivity index (χ4n) is 3.17. The first-order valence-corrected chi connectivity index (χ1v) is 7.76. The second-order valence-electron chi connectivity index (χ2n) is 5.91. The van der Waals surface area contributed by atoms with E-state index in [0.29, 0.717) is 18.5 Å². The van der Waals surface area contributed by atoms with E-state index in [2.05, 4.69) is 12.2 Å². The molecule has 1 N–H and O–H groups in total. The zero-order valence-corrected chi connectivity index (χ0v) is 13.3. The van der Waals surface area contributed by atoms with E-state index in [4.69, 9.17) is 4.74 Å². The van der Waals surface area contributed by atoms with Crippen LogP contribution in [-0.4, -0.2) is 31.1 Å². The van der Waals surface area contributed by atoms with Crippen molar-refractivity contribution in [2.75, 3.05) is 14.2 Å². The molecule has 0 saturated heterocycles. The Morgan fingerprint density at radius 1 is 1.33 bits per heavy atom. The van der Waals surface area contributed by atoms with E-state index < -0.39 is 0 Å². The van der Waals surface area contributed by atoms with Gasteiger partial charge in [0.15, 0.2) is 0 Å². The van der Waals surface area contributed by atoms with Gasteiger partial charge in [-0.05, 0) is 24.8 Å². The third-order valence-electron chi connectivity index (χ3n) is 4.51. The van der Waals surface area contributed by atoms with Gasteiger partial charge in [0, 0.05) is 25.2 Å². The van der Waals surface area contributed by atoms with Gasteiger partial charge in [0.25, 0.3) is 0 Å². The molecule has 0 aliphatic heterocycles. The van der Waals surface area contributed by atoms with E-state index in [1.807, 2.05) is 36.2 Å². The lowest BCUT2D eigenvalue weighted by atomic mass is 9.85. The van der Waals surface area contributed by atoms with Crippen molar-refractivity contribution >= 4 is 6.03 Å². The molecule has 1 saturated carbocycles. The molecule has 1 aromatic carbocycles. The number of nitrogens with one attached hydrogen (secondary N) is 1. The number of amides is 2. The van der Waals surface area contributed by atoms with Crippen molar-refractivity contribution in [2.24, 2.45) is 5.92 Å². The SMILES string of the molecule is COc1ccccc1CNC(=O)N(C)[C@@H]1CCCC[C@H]1C. The van der Waals surface area contributed by atoms with Crippen molar-refractivity contribution in [3.8, 4) is 5.75 Å². The normalized spacial score (nSPS) is 21.7. The lowest BCUT2D eigenvalue weighted by Crippen LogP contribution is -2.47. The molecule has 116 valence electrons. The molecule has 4 heteroatoms. The number of hydrogen-bond acceptors (Lipinski definition) is 2. The molecule has 1 aromatic rings. The quantitative estimate of drug-likeness (QED) is 0.923. The van der Waals surface area contributed by atoms with Gasteiger partial charge in [-0.1, -0.05) is 38.0 Å². The van der Waals surface area contributed by atoms with Crippen LogP contribution in [0.3, 0.4) is 0 Å². The Morgan fingerprint density at radius 3 is 2.76 bits per heavy atom. The fraction of sp³-hybridized carbons (Fsp3) is 0.588. The molecule has 4 nitrogen and oxygen atoms in total. The minimum Gasteiger partial charge on any atom is -0.496 e. The summed E-state index contributed by atoms with van der Waals surface area (Å²) >= 11 is 0. The topological polar surface area (TPSA) is 41.6 Å². The maximum atomic E-state index is 12.3. The van der Waals surface area contributed by atoms with E-state index in [1.165, 1.54) is 19.3 Å². The molecule has 21 heavy (non-hydrogen) atoms. The Labute approximate surface area is 127 Å². The molecule has 2 amide bonds. The molecule has 0 unspecified atom stereocenters. The number of rotatable bonds is 4. The summed E-state index contributed by atoms with van der Waals surface area (Å²) in [6, 6.07) is 8.13. The number of carbonyl (C=O) groups is 1. The highest BCUT2D eigenvalue weighted by Gasteiger charge is 2.27. The van der Waals surface area contributed by atoms with Crippen LogP contribution in [0.25, 0.3) is 0 Å². The first-order chi connectivity index (χ1) is 10.1. The van der Waals surface area contributed by atoms with Gasteiger partial charge in [-0.15, -0.1) is 0 Å². The number of para-hydroxylation sites is 1. The van der Waals surface area contributed by atoms with Gasteiger partial charge < -0.3 is 15.0 Å². The average Bonchev–Trinajstić information content (AvgIpc) is 2.52. The van der Waals surface area contributed by atoms with Crippen LogP contribution in [0.5, 0.6) is 5.75 Å². The van der Waals surface area contributed by atoms with Crippen molar-refractivity contribution in [2.45, 2.75) is 45.2 Å². The Hall–Kier alpha value is -1.71. The lowest BCUT2D eigenvalue weighted by molar-refractivity contribution is 0.145. The molecule has 0 aromatic heterocycles. The molecule has 1 aliphatic carbocycles. The van der Waals surface area contributed by atoms with Crippen LogP contribution in [-0.2, 0) is 6.54 Å². The van der Waals surface area contributed by atoms with E-state index >= 15 is 0 Å². The summed E-state index contributed by atoms with van der Waals surface area (Å²) in [6.07, 6.45) is 4.84. The zero-order valence-electron chi connectivity index (χ0n) is 13.3. The first kappa shape index (κ1) is 15.7. The van der Waals surface area contributed by atoms with Crippen LogP contribution in [0.1, 0.15) is 38.2 Å². The van der Waals surface area contributed by atoms with Crippen molar-refractivity contribution in [1.29, 1.82) is 0 Å². The van der Waals surface area contributed by atoms with Crippen molar-refractivity contribution in [3.05, 3.63) is 29.8 Å². The minimum atomic E-state index is -0.000318. The summed E-state index contributed by atoms with van der Waals surface area (Å²) < 4.78 is 5.31. The highest BCUT2D eigenvalue weighted by molar-refractivity contribution is 5.74. The van der Waals surface area contributed by atoms with E-state index in [9.17, 15) is 4.79 Å². The highest BCUT2D eigenvalue weighted by atomic mass is 16.5. The summed E-state index contributed by atoms with van der Waals surface area (Å²) in [5, 5.41) is 3.00. The number of benzene rings is 1. The Bertz CT molecular complexity index is 476. The fourth-order valence-corrected chi connectivity index (χ4v) is 3.17. The van der Waals surface area contributed by atoms with Gasteiger partial charge in [0.1, 0.15) is 5.75 Å². The number of nitrogens with zero attached hydrogens (tertiary/aromatic N) is 1. The largest absolute Gasteiger partial charge is 0.496 e. The molecule has 1 aliphatic rings. The molecule has 0 radical (unpaired) electrons. The first-order valence-electron chi connectivity index (χ1n) is 7.76. The number of ether oxygens (including phenoxy) is 1. The van der Waals surface area contributed by atoms with Crippen molar-refractivity contribution in [1.82, 2.24) is 10.2 Å². The number of methoxy groups -OCH3 is 1. The van der Waals surface area contributed by atoms with Crippen molar-refractivity contribution < 1.29 is 9.53 Å². The van der Waals surface area contributed by atoms with Gasteiger partial charge >= 0.3 is 6.03 Å². The third kappa shape index (κ3) is 3.90. The molecule has 2 rings (SSSR count). The lowest BCUT2D eigenvalue weighted by Gasteiger charge is -2.36. The van der Waals surface area contributed by atoms with E-state index in [1.54, 1.807) is 7.11 Å². The second-order valence-corrected chi connectivity index (χ2v) is 5.91. The molecular formula is C17H26N2O2. The van der Waals surface area contributed by atoms with E-state index in [0.717, 1.165) is 17.7 Å². The monoisotopic (exact) mass is 290 g/mol. The molecule has 0 spiro atoms. The predicted octanol–water partition coefficient (Wildman–Crippen LogP) is 3.42. The number of urea groups is 1. The predicted molar refractivity (Wildman–Crippen MR) is 84.4 cm³/mol. The highest BCUT2D eigenvalue weighted by Crippen LogP contribution is 2.27. The maximum Gasteiger partial charge on any atom is 0.317 e. The van der Waals surface area contributed by atoms with Crippen LogP contribution in [0.15, 0.2) is 24.3 Å². The minimum absolute atomic E-state index is 0.000318. The standard InChI is InChI=1S/C17H26N2O2/c1-13-8-4-6-10-15(13)19(2)17(20)18-12-14-9-5-7-11-16(14)21-3/h5,7,9,11,13,15H,4,6,8,10,12H2,1-3H3,(H,18,20)/t13-,15-/m1/s1. The number of hydrogen-bond donors (Lipinski definition) is 1. The maximum absolute atomic E-state index is 12.3. The summed E-state index contributed by atoms with van der Waals surface area (Å²) in [7, 11) is 3.56. The molecular weight excluding hydrogens is 264 g/mol. The van der Waals surface area contributed by atoms with Gasteiger partial charge in [-0.25, -0.2) is 4.79 Å². The van der Waals surface area contributed by atoms with Gasteiger partial charge in [-0.3, -0.25) is 0 Å². The van der Waals surface area contributed by atoms with Crippen molar-refractivity contribution in [3.63, 3.8) is 0 Å².